The Morgan fingerprint density at radius 1 is 1.15 bits per heavy atom. The molecule has 1 aromatic rings. The molecule has 150 valence electrons. The van der Waals surface area contributed by atoms with Crippen LogP contribution in [-0.4, -0.2) is 35.6 Å². The molecule has 1 aromatic carbocycles. The van der Waals surface area contributed by atoms with E-state index in [0.29, 0.717) is 6.42 Å². The van der Waals surface area contributed by atoms with Crippen molar-refractivity contribution < 1.29 is 23.9 Å². The minimum Gasteiger partial charge on any atom is -0.460 e. The maximum Gasteiger partial charge on any atom is 0.408 e. The molecule has 0 aromatic heterocycles. The number of ketones is 1. The van der Waals surface area contributed by atoms with Crippen molar-refractivity contribution in [2.75, 3.05) is 0 Å². The zero-order chi connectivity index (χ0) is 20.8. The van der Waals surface area contributed by atoms with Gasteiger partial charge in [0.25, 0.3) is 0 Å². The van der Waals surface area contributed by atoms with E-state index in [1.807, 2.05) is 31.2 Å². The fraction of sp³-hybridized carbons (Fsp3) is 0.571. The summed E-state index contributed by atoms with van der Waals surface area (Å²) >= 11 is 0. The molecule has 0 spiro atoms. The number of nitrogens with one attached hydrogen (secondary N) is 1. The van der Waals surface area contributed by atoms with Gasteiger partial charge in [0.1, 0.15) is 23.5 Å². The summed E-state index contributed by atoms with van der Waals surface area (Å²) in [6, 6.07) is 7.00. The van der Waals surface area contributed by atoms with E-state index in [-0.39, 0.29) is 5.78 Å². The average Bonchev–Trinajstić information content (AvgIpc) is 2.50. The van der Waals surface area contributed by atoms with Crippen LogP contribution in [0.1, 0.15) is 52.7 Å². The molecule has 3 atom stereocenters. The van der Waals surface area contributed by atoms with E-state index >= 15 is 0 Å². The number of alkyl carbamates (subject to hydrolysis) is 1. The summed E-state index contributed by atoms with van der Waals surface area (Å²) in [5.74, 6) is -1.11. The van der Waals surface area contributed by atoms with Gasteiger partial charge in [-0.25, -0.2) is 9.59 Å². The molecule has 0 aliphatic carbocycles. The Kier molecular flexibility index (Phi) is 8.00. The standard InChI is InChI=1S/C21H31NO5/c1-13-9-8-10-17(11-13)12-18(15(3)23)16(4)26-19(24)14(2)22-20(25)27-21(5,6)7/h8-11,14,16,18H,12H2,1-7H3,(H,22,25)/t14-,16-,18+/m0/s1. The Hall–Kier alpha value is -2.37. The Bertz CT molecular complexity index is 677. The number of esters is 1. The Balaban J connectivity index is 2.69. The maximum absolute atomic E-state index is 12.3. The molecular formula is C21H31NO5. The first kappa shape index (κ1) is 22.7. The van der Waals surface area contributed by atoms with Crippen LogP contribution in [0, 0.1) is 12.8 Å². The lowest BCUT2D eigenvalue weighted by atomic mass is 9.91. The molecule has 1 rings (SSSR count). The van der Waals surface area contributed by atoms with Gasteiger partial charge in [-0.05, 0) is 60.5 Å². The van der Waals surface area contributed by atoms with Gasteiger partial charge in [0.05, 0.1) is 5.92 Å². The topological polar surface area (TPSA) is 81.7 Å². The van der Waals surface area contributed by atoms with Gasteiger partial charge in [-0.2, -0.15) is 0 Å². The lowest BCUT2D eigenvalue weighted by Crippen LogP contribution is -2.44. The third-order valence-corrected chi connectivity index (χ3v) is 4.02. The first-order valence-electron chi connectivity index (χ1n) is 9.15. The van der Waals surface area contributed by atoms with Crippen molar-refractivity contribution in [1.29, 1.82) is 0 Å². The second kappa shape index (κ2) is 9.53. The van der Waals surface area contributed by atoms with Gasteiger partial charge in [0.2, 0.25) is 0 Å². The number of Topliss-reactive ketones (excluding diaryl/α,β-unsaturated/α-hetero) is 1. The number of rotatable bonds is 7. The summed E-state index contributed by atoms with van der Waals surface area (Å²) in [7, 11) is 0. The van der Waals surface area contributed by atoms with Crippen molar-refractivity contribution in [1.82, 2.24) is 5.32 Å². The molecule has 1 amide bonds. The van der Waals surface area contributed by atoms with Crippen molar-refractivity contribution in [2.45, 2.75) is 72.6 Å². The smallest absolute Gasteiger partial charge is 0.408 e. The van der Waals surface area contributed by atoms with Gasteiger partial charge >= 0.3 is 12.1 Å². The summed E-state index contributed by atoms with van der Waals surface area (Å²) < 4.78 is 10.6. The zero-order valence-corrected chi connectivity index (χ0v) is 17.3. The Labute approximate surface area is 161 Å². The normalized spacial score (nSPS) is 14.6. The molecule has 0 radical (unpaired) electrons. The minimum atomic E-state index is -0.881. The lowest BCUT2D eigenvalue weighted by molar-refractivity contribution is -0.154. The van der Waals surface area contributed by atoms with Crippen molar-refractivity contribution in [3.05, 3.63) is 35.4 Å². The van der Waals surface area contributed by atoms with Crippen molar-refractivity contribution >= 4 is 17.8 Å². The van der Waals surface area contributed by atoms with Gasteiger partial charge in [-0.3, -0.25) is 4.79 Å². The summed E-state index contributed by atoms with van der Waals surface area (Å²) in [5, 5.41) is 2.45. The van der Waals surface area contributed by atoms with E-state index in [1.165, 1.54) is 13.8 Å². The highest BCUT2D eigenvalue weighted by Gasteiger charge is 2.28. The number of carbonyl (C=O) groups excluding carboxylic acids is 3. The number of ether oxygens (including phenoxy) is 2. The fourth-order valence-corrected chi connectivity index (χ4v) is 2.64. The summed E-state index contributed by atoms with van der Waals surface area (Å²) in [6.45, 7) is 11.9. The first-order valence-corrected chi connectivity index (χ1v) is 9.15. The molecular weight excluding hydrogens is 346 g/mol. The van der Waals surface area contributed by atoms with Crippen LogP contribution in [0.2, 0.25) is 0 Å². The molecule has 0 aliphatic rings. The van der Waals surface area contributed by atoms with Crippen LogP contribution in [-0.2, 0) is 25.5 Å². The Morgan fingerprint density at radius 3 is 2.30 bits per heavy atom. The van der Waals surface area contributed by atoms with Crippen LogP contribution in [0.3, 0.4) is 0 Å². The third kappa shape index (κ3) is 8.24. The molecule has 0 bridgehead atoms. The molecule has 27 heavy (non-hydrogen) atoms. The number of benzene rings is 1. The van der Waals surface area contributed by atoms with Crippen LogP contribution in [0.5, 0.6) is 0 Å². The predicted molar refractivity (Wildman–Crippen MR) is 103 cm³/mol. The number of amides is 1. The molecule has 0 unspecified atom stereocenters. The molecule has 6 nitrogen and oxygen atoms in total. The molecule has 1 N–H and O–H groups in total. The summed E-state index contributed by atoms with van der Waals surface area (Å²) in [5.41, 5.74) is 1.46. The largest absolute Gasteiger partial charge is 0.460 e. The lowest BCUT2D eigenvalue weighted by Gasteiger charge is -2.25. The zero-order valence-electron chi connectivity index (χ0n) is 17.3. The first-order chi connectivity index (χ1) is 12.4. The van der Waals surface area contributed by atoms with Crippen LogP contribution in [0.4, 0.5) is 4.79 Å². The third-order valence-electron chi connectivity index (χ3n) is 4.02. The Morgan fingerprint density at radius 2 is 1.78 bits per heavy atom. The van der Waals surface area contributed by atoms with Gasteiger partial charge in [0.15, 0.2) is 0 Å². The fourth-order valence-electron chi connectivity index (χ4n) is 2.64. The molecule has 0 fully saturated rings. The molecule has 6 heteroatoms. The SMILES string of the molecule is CC(=O)[C@@H](Cc1cccc(C)c1)[C@H](C)OC(=O)[C@H](C)NC(=O)OC(C)(C)C. The number of carbonyl (C=O) groups is 3. The van der Waals surface area contributed by atoms with Gasteiger partial charge in [-0.1, -0.05) is 29.8 Å². The molecule has 0 aliphatic heterocycles. The van der Waals surface area contributed by atoms with Crippen molar-refractivity contribution in [3.63, 3.8) is 0 Å². The molecule has 0 heterocycles. The van der Waals surface area contributed by atoms with Crippen LogP contribution in [0.25, 0.3) is 0 Å². The number of hydrogen-bond acceptors (Lipinski definition) is 5. The van der Waals surface area contributed by atoms with E-state index < -0.39 is 35.7 Å². The van der Waals surface area contributed by atoms with E-state index in [2.05, 4.69) is 5.32 Å². The number of aryl methyl sites for hydroxylation is 1. The second-order valence-electron chi connectivity index (χ2n) is 7.92. The van der Waals surface area contributed by atoms with E-state index in [9.17, 15) is 14.4 Å². The minimum absolute atomic E-state index is 0.0513. The summed E-state index contributed by atoms with van der Waals surface area (Å²) in [4.78, 5) is 36.1. The highest BCUT2D eigenvalue weighted by Crippen LogP contribution is 2.18. The van der Waals surface area contributed by atoms with Gasteiger partial charge in [-0.15, -0.1) is 0 Å². The van der Waals surface area contributed by atoms with Crippen LogP contribution < -0.4 is 5.32 Å². The summed E-state index contributed by atoms with van der Waals surface area (Å²) in [6.07, 6.45) is -0.819. The monoisotopic (exact) mass is 377 g/mol. The average molecular weight is 377 g/mol. The molecule has 0 saturated heterocycles. The van der Waals surface area contributed by atoms with E-state index in [4.69, 9.17) is 9.47 Å². The maximum atomic E-state index is 12.3. The van der Waals surface area contributed by atoms with E-state index in [0.717, 1.165) is 11.1 Å². The van der Waals surface area contributed by atoms with Crippen molar-refractivity contribution in [2.24, 2.45) is 5.92 Å². The van der Waals surface area contributed by atoms with Gasteiger partial charge < -0.3 is 14.8 Å². The predicted octanol–water partition coefficient (Wildman–Crippen LogP) is 3.59. The van der Waals surface area contributed by atoms with E-state index in [1.54, 1.807) is 27.7 Å². The highest BCUT2D eigenvalue weighted by molar-refractivity contribution is 5.82. The van der Waals surface area contributed by atoms with Crippen LogP contribution in [0.15, 0.2) is 24.3 Å². The quantitative estimate of drug-likeness (QED) is 0.735. The van der Waals surface area contributed by atoms with Crippen molar-refractivity contribution in [3.8, 4) is 0 Å². The molecule has 0 saturated carbocycles. The van der Waals surface area contributed by atoms with Gasteiger partial charge in [0, 0.05) is 0 Å². The number of hydrogen-bond donors (Lipinski definition) is 1. The van der Waals surface area contributed by atoms with Crippen LogP contribution >= 0.6 is 0 Å². The highest BCUT2D eigenvalue weighted by atomic mass is 16.6. The second-order valence-corrected chi connectivity index (χ2v) is 7.92.